The number of amides is 1. The van der Waals surface area contributed by atoms with E-state index in [1.165, 1.54) is 0 Å². The first-order chi connectivity index (χ1) is 15.6. The molecule has 0 bridgehead atoms. The molecule has 9 heteroatoms. The smallest absolute Gasteiger partial charge is 0.270 e. The minimum absolute atomic E-state index is 0.0623. The average molecular weight is 430 g/mol. The summed E-state index contributed by atoms with van der Waals surface area (Å²) < 4.78 is 5.85. The van der Waals surface area contributed by atoms with Gasteiger partial charge in [0.15, 0.2) is 11.4 Å². The molecule has 1 aromatic carbocycles. The van der Waals surface area contributed by atoms with Crippen molar-refractivity contribution in [3.63, 3.8) is 0 Å². The lowest BCUT2D eigenvalue weighted by Gasteiger charge is -2.35. The van der Waals surface area contributed by atoms with Crippen LogP contribution in [0.1, 0.15) is 18.4 Å². The van der Waals surface area contributed by atoms with E-state index >= 15 is 0 Å². The molecule has 9 nitrogen and oxygen atoms in total. The number of aromatic hydroxyl groups is 1. The Morgan fingerprint density at radius 2 is 1.84 bits per heavy atom. The van der Waals surface area contributed by atoms with Gasteiger partial charge in [-0.1, -0.05) is 30.3 Å². The number of fused-ring (bicyclic) bond motifs is 1. The Balaban J connectivity index is 1.52. The van der Waals surface area contributed by atoms with Crippen molar-refractivity contribution in [2.24, 2.45) is 0 Å². The Morgan fingerprint density at radius 3 is 2.59 bits per heavy atom. The first-order valence-electron chi connectivity index (χ1n) is 10.4. The van der Waals surface area contributed by atoms with Crippen molar-refractivity contribution in [3.05, 3.63) is 60.1 Å². The number of carbonyl (C=O) groups is 1. The zero-order valence-corrected chi connectivity index (χ0v) is 17.6. The van der Waals surface area contributed by atoms with Gasteiger partial charge in [-0.15, -0.1) is 10.2 Å². The van der Waals surface area contributed by atoms with Crippen LogP contribution in [0, 0.1) is 0 Å². The zero-order valence-electron chi connectivity index (χ0n) is 17.6. The molecular formula is C23H22N6O3. The van der Waals surface area contributed by atoms with Gasteiger partial charge in [0, 0.05) is 44.7 Å². The third kappa shape index (κ3) is 3.73. The predicted octanol–water partition coefficient (Wildman–Crippen LogP) is 2.64. The highest BCUT2D eigenvalue weighted by molar-refractivity contribution is 5.97. The molecule has 32 heavy (non-hydrogen) atoms. The molecular weight excluding hydrogens is 408 g/mol. The third-order valence-corrected chi connectivity index (χ3v) is 5.61. The molecule has 3 aromatic heterocycles. The summed E-state index contributed by atoms with van der Waals surface area (Å²) in [6.45, 7) is 4.05. The molecule has 4 aromatic rings. The monoisotopic (exact) mass is 430 g/mol. The van der Waals surface area contributed by atoms with E-state index in [1.54, 1.807) is 13.1 Å². The van der Waals surface area contributed by atoms with E-state index in [4.69, 9.17) is 9.40 Å². The average Bonchev–Trinajstić information content (AvgIpc) is 3.28. The van der Waals surface area contributed by atoms with Gasteiger partial charge in [-0.05, 0) is 17.7 Å². The first-order valence-corrected chi connectivity index (χ1v) is 10.4. The van der Waals surface area contributed by atoms with Crippen LogP contribution in [0.3, 0.4) is 0 Å². The van der Waals surface area contributed by atoms with Crippen LogP contribution < -0.4 is 4.90 Å². The maximum Gasteiger partial charge on any atom is 0.270 e. The van der Waals surface area contributed by atoms with E-state index < -0.39 is 0 Å². The van der Waals surface area contributed by atoms with E-state index in [9.17, 15) is 9.90 Å². The van der Waals surface area contributed by atoms with E-state index in [-0.39, 0.29) is 23.2 Å². The Bertz CT molecular complexity index is 1270. The number of carbonyl (C=O) groups excluding carboxylic acids is 1. The van der Waals surface area contributed by atoms with Crippen LogP contribution >= 0.6 is 0 Å². The van der Waals surface area contributed by atoms with Crippen LogP contribution in [0.25, 0.3) is 22.5 Å². The molecule has 162 valence electrons. The second-order valence-corrected chi connectivity index (χ2v) is 7.69. The van der Waals surface area contributed by atoms with E-state index in [0.29, 0.717) is 49.8 Å². The van der Waals surface area contributed by atoms with Crippen molar-refractivity contribution in [2.45, 2.75) is 13.3 Å². The van der Waals surface area contributed by atoms with Gasteiger partial charge in [0.25, 0.3) is 5.89 Å². The molecule has 5 rings (SSSR count). The maximum absolute atomic E-state index is 11.7. The van der Waals surface area contributed by atoms with Crippen LogP contribution in [0.15, 0.2) is 53.1 Å². The number of hydrogen-bond donors (Lipinski definition) is 1. The van der Waals surface area contributed by atoms with Gasteiger partial charge in [0.2, 0.25) is 11.8 Å². The van der Waals surface area contributed by atoms with Gasteiger partial charge >= 0.3 is 0 Å². The fourth-order valence-corrected chi connectivity index (χ4v) is 3.92. The number of nitrogens with zero attached hydrogens (tertiary/aromatic N) is 6. The molecule has 0 spiro atoms. The number of pyridine rings is 2. The molecule has 1 saturated heterocycles. The van der Waals surface area contributed by atoms with Gasteiger partial charge in [0.1, 0.15) is 11.3 Å². The molecule has 1 aliphatic rings. The van der Waals surface area contributed by atoms with Gasteiger partial charge in [-0.2, -0.15) is 0 Å². The molecule has 1 N–H and O–H groups in total. The fraction of sp³-hybridized carbons (Fsp3) is 0.261. The molecule has 1 aliphatic heterocycles. The van der Waals surface area contributed by atoms with Gasteiger partial charge in [-0.25, -0.2) is 4.98 Å². The number of rotatable bonds is 4. The Labute approximate surface area is 184 Å². The van der Waals surface area contributed by atoms with Crippen LogP contribution in [-0.4, -0.2) is 62.3 Å². The number of aromatic nitrogens is 4. The maximum atomic E-state index is 11.7. The summed E-state index contributed by atoms with van der Waals surface area (Å²) in [6, 6.07) is 13.5. The van der Waals surface area contributed by atoms with Crippen molar-refractivity contribution in [1.82, 2.24) is 25.1 Å². The molecule has 4 heterocycles. The number of anilines is 1. The van der Waals surface area contributed by atoms with Crippen LogP contribution in [-0.2, 0) is 11.2 Å². The molecule has 1 fully saturated rings. The van der Waals surface area contributed by atoms with Crippen LogP contribution in [0.5, 0.6) is 5.75 Å². The van der Waals surface area contributed by atoms with E-state index in [2.05, 4.69) is 20.1 Å². The summed E-state index contributed by atoms with van der Waals surface area (Å²) >= 11 is 0. The standard InChI is InChI=1S/C23H22N6O3/c1-15(30)28-10-12-29(13-11-28)22-17-8-5-9-24-19(17)21(31)20(25-22)23-27-26-18(32-23)14-16-6-3-2-4-7-16/h2-9,31H,10-14H2,1H3. The summed E-state index contributed by atoms with van der Waals surface area (Å²) in [4.78, 5) is 24.7. The van der Waals surface area contributed by atoms with Crippen LogP contribution in [0.2, 0.25) is 0 Å². The molecule has 0 radical (unpaired) electrons. The summed E-state index contributed by atoms with van der Waals surface area (Å²) in [5.41, 5.74) is 1.67. The lowest BCUT2D eigenvalue weighted by Crippen LogP contribution is -2.48. The topological polar surface area (TPSA) is 108 Å². The fourth-order valence-electron chi connectivity index (χ4n) is 3.92. The summed E-state index contributed by atoms with van der Waals surface area (Å²) in [6.07, 6.45) is 2.11. The number of hydrogen-bond acceptors (Lipinski definition) is 8. The molecule has 0 aliphatic carbocycles. The van der Waals surface area contributed by atoms with Gasteiger partial charge < -0.3 is 19.3 Å². The first kappa shape index (κ1) is 19.9. The summed E-state index contributed by atoms with van der Waals surface area (Å²) in [7, 11) is 0. The molecule has 0 atom stereocenters. The minimum atomic E-state index is -0.0957. The van der Waals surface area contributed by atoms with Crippen molar-refractivity contribution in [3.8, 4) is 17.3 Å². The van der Waals surface area contributed by atoms with Gasteiger partial charge in [-0.3, -0.25) is 9.78 Å². The summed E-state index contributed by atoms with van der Waals surface area (Å²) in [5.74, 6) is 1.22. The van der Waals surface area contributed by atoms with Gasteiger partial charge in [0.05, 0.1) is 6.42 Å². The lowest BCUT2D eigenvalue weighted by atomic mass is 10.1. The highest BCUT2D eigenvalue weighted by Crippen LogP contribution is 2.37. The normalized spacial score (nSPS) is 14.2. The van der Waals surface area contributed by atoms with Crippen molar-refractivity contribution < 1.29 is 14.3 Å². The van der Waals surface area contributed by atoms with Crippen LogP contribution in [0.4, 0.5) is 5.82 Å². The summed E-state index contributed by atoms with van der Waals surface area (Å²) in [5, 5.41) is 19.9. The SMILES string of the molecule is CC(=O)N1CCN(c2nc(-c3nnc(Cc4ccccc4)o3)c(O)c3ncccc23)CC1. The predicted molar refractivity (Wildman–Crippen MR) is 118 cm³/mol. The third-order valence-electron chi connectivity index (χ3n) is 5.61. The van der Waals surface area contributed by atoms with E-state index in [0.717, 1.165) is 10.9 Å². The van der Waals surface area contributed by atoms with E-state index in [1.807, 2.05) is 47.4 Å². The highest BCUT2D eigenvalue weighted by atomic mass is 16.4. The second kappa shape index (κ2) is 8.26. The largest absolute Gasteiger partial charge is 0.504 e. The second-order valence-electron chi connectivity index (χ2n) is 7.69. The number of benzene rings is 1. The van der Waals surface area contributed by atoms with Crippen molar-refractivity contribution >= 4 is 22.6 Å². The van der Waals surface area contributed by atoms with Crippen molar-refractivity contribution in [2.75, 3.05) is 31.1 Å². The minimum Gasteiger partial charge on any atom is -0.504 e. The molecule has 0 unspecified atom stereocenters. The number of piperazine rings is 1. The lowest BCUT2D eigenvalue weighted by molar-refractivity contribution is -0.129. The highest BCUT2D eigenvalue weighted by Gasteiger charge is 2.26. The molecule has 0 saturated carbocycles. The Morgan fingerprint density at radius 1 is 1.06 bits per heavy atom. The Kier molecular flexibility index (Phi) is 5.14. The van der Waals surface area contributed by atoms with Crippen molar-refractivity contribution in [1.29, 1.82) is 0 Å². The zero-order chi connectivity index (χ0) is 22.1. The quantitative estimate of drug-likeness (QED) is 0.526. The Hall–Kier alpha value is -4.01. The molecule has 1 amide bonds.